The maximum Gasteiger partial charge on any atom is 0.102 e. The van der Waals surface area contributed by atoms with Crippen molar-refractivity contribution >= 4 is 33.2 Å². The Morgan fingerprint density at radius 3 is 2.64 bits per heavy atom. The summed E-state index contributed by atoms with van der Waals surface area (Å²) in [6, 6.07) is 5.15. The van der Waals surface area contributed by atoms with Gasteiger partial charge >= 0.3 is 0 Å². The number of benzene rings is 1. The van der Waals surface area contributed by atoms with Crippen LogP contribution in [-0.4, -0.2) is 0 Å². The van der Waals surface area contributed by atoms with E-state index in [9.17, 15) is 0 Å². The van der Waals surface area contributed by atoms with Gasteiger partial charge in [-0.3, -0.25) is 0 Å². The third kappa shape index (κ3) is 1.65. The molecule has 0 fully saturated rings. The number of anilines is 1. The van der Waals surface area contributed by atoms with Crippen molar-refractivity contribution < 1.29 is 0 Å². The first-order valence-electron chi connectivity index (χ1n) is 2.79. The van der Waals surface area contributed by atoms with Crippen LogP contribution in [0.3, 0.4) is 0 Å². The SMILES string of the molecule is N#Cc1c(Cl)cc(N)cc1Br. The van der Waals surface area contributed by atoms with Crippen molar-refractivity contribution in [2.24, 2.45) is 0 Å². The van der Waals surface area contributed by atoms with E-state index in [0.29, 0.717) is 20.7 Å². The second-order valence-electron chi connectivity index (χ2n) is 1.97. The van der Waals surface area contributed by atoms with Gasteiger partial charge in [0.05, 0.1) is 10.6 Å². The molecule has 2 N–H and O–H groups in total. The van der Waals surface area contributed by atoms with Crippen molar-refractivity contribution in [2.75, 3.05) is 5.73 Å². The lowest BCUT2D eigenvalue weighted by Gasteiger charge is -1.99. The van der Waals surface area contributed by atoms with Gasteiger partial charge < -0.3 is 5.73 Å². The molecule has 0 bridgehead atoms. The Kier molecular flexibility index (Phi) is 2.38. The third-order valence-corrected chi connectivity index (χ3v) is 2.10. The lowest BCUT2D eigenvalue weighted by molar-refractivity contribution is 1.47. The highest BCUT2D eigenvalue weighted by Crippen LogP contribution is 2.26. The summed E-state index contributed by atoms with van der Waals surface area (Å²) in [5.41, 5.74) is 6.42. The van der Waals surface area contributed by atoms with Crippen molar-refractivity contribution in [2.45, 2.75) is 0 Å². The summed E-state index contributed by atoms with van der Waals surface area (Å²) in [7, 11) is 0. The summed E-state index contributed by atoms with van der Waals surface area (Å²) >= 11 is 8.87. The van der Waals surface area contributed by atoms with Gasteiger partial charge in [0.1, 0.15) is 6.07 Å². The monoisotopic (exact) mass is 230 g/mol. The standard InChI is InChI=1S/C7H4BrClN2/c8-6-1-4(11)2-7(9)5(6)3-10/h1-2H,11H2. The summed E-state index contributed by atoms with van der Waals surface area (Å²) in [5.74, 6) is 0. The zero-order chi connectivity index (χ0) is 8.43. The minimum atomic E-state index is 0.374. The summed E-state index contributed by atoms with van der Waals surface area (Å²) < 4.78 is 0.630. The van der Waals surface area contributed by atoms with Crippen molar-refractivity contribution in [3.05, 3.63) is 27.2 Å². The predicted molar refractivity (Wildman–Crippen MR) is 48.3 cm³/mol. The summed E-state index contributed by atoms with van der Waals surface area (Å²) in [5, 5.41) is 8.96. The predicted octanol–water partition coefficient (Wildman–Crippen LogP) is 2.56. The lowest BCUT2D eigenvalue weighted by Crippen LogP contribution is -1.87. The summed E-state index contributed by atoms with van der Waals surface area (Å²) in [4.78, 5) is 0. The Labute approximate surface area is 77.7 Å². The molecule has 0 saturated heterocycles. The largest absolute Gasteiger partial charge is 0.399 e. The summed E-state index contributed by atoms with van der Waals surface area (Å²) in [6.45, 7) is 0. The van der Waals surface area contributed by atoms with E-state index in [1.807, 2.05) is 6.07 Å². The Morgan fingerprint density at radius 2 is 2.18 bits per heavy atom. The molecule has 0 atom stereocenters. The van der Waals surface area contributed by atoms with E-state index in [4.69, 9.17) is 22.6 Å². The van der Waals surface area contributed by atoms with Gasteiger partial charge in [-0.05, 0) is 28.1 Å². The number of halogens is 2. The molecule has 0 aromatic heterocycles. The minimum Gasteiger partial charge on any atom is -0.399 e. The average Bonchev–Trinajstić information content (AvgIpc) is 1.85. The normalized spacial score (nSPS) is 9.18. The van der Waals surface area contributed by atoms with Crippen molar-refractivity contribution in [3.8, 4) is 6.07 Å². The van der Waals surface area contributed by atoms with Crippen LogP contribution >= 0.6 is 27.5 Å². The van der Waals surface area contributed by atoms with Crippen LogP contribution in [0.4, 0.5) is 5.69 Å². The quantitative estimate of drug-likeness (QED) is 0.698. The van der Waals surface area contributed by atoms with Gasteiger partial charge in [-0.2, -0.15) is 5.26 Å². The van der Waals surface area contributed by atoms with Crippen LogP contribution in [0.1, 0.15) is 5.56 Å². The van der Waals surface area contributed by atoms with E-state index in [2.05, 4.69) is 15.9 Å². The maximum absolute atomic E-state index is 8.58. The minimum absolute atomic E-state index is 0.374. The van der Waals surface area contributed by atoms with E-state index in [1.165, 1.54) is 0 Å². The van der Waals surface area contributed by atoms with Gasteiger partial charge in [0, 0.05) is 10.2 Å². The van der Waals surface area contributed by atoms with Gasteiger partial charge in [0.2, 0.25) is 0 Å². The van der Waals surface area contributed by atoms with E-state index < -0.39 is 0 Å². The van der Waals surface area contributed by atoms with Crippen LogP contribution in [0.5, 0.6) is 0 Å². The van der Waals surface area contributed by atoms with Crippen LogP contribution in [-0.2, 0) is 0 Å². The number of nitrogen functional groups attached to an aromatic ring is 1. The topological polar surface area (TPSA) is 49.8 Å². The van der Waals surface area contributed by atoms with Crippen LogP contribution < -0.4 is 5.73 Å². The lowest BCUT2D eigenvalue weighted by atomic mass is 10.2. The van der Waals surface area contributed by atoms with Gasteiger partial charge in [-0.1, -0.05) is 11.6 Å². The molecule has 0 radical (unpaired) electrons. The first-order valence-corrected chi connectivity index (χ1v) is 3.97. The van der Waals surface area contributed by atoms with Crippen LogP contribution in [0.25, 0.3) is 0 Å². The van der Waals surface area contributed by atoms with Gasteiger partial charge in [-0.25, -0.2) is 0 Å². The van der Waals surface area contributed by atoms with E-state index in [0.717, 1.165) is 0 Å². The molecule has 0 aliphatic heterocycles. The molecule has 4 heteroatoms. The van der Waals surface area contributed by atoms with Crippen LogP contribution in [0.2, 0.25) is 5.02 Å². The number of nitrogens with zero attached hydrogens (tertiary/aromatic N) is 1. The second kappa shape index (κ2) is 3.12. The van der Waals surface area contributed by atoms with Crippen molar-refractivity contribution in [1.82, 2.24) is 0 Å². The molecule has 11 heavy (non-hydrogen) atoms. The molecule has 0 saturated carbocycles. The second-order valence-corrected chi connectivity index (χ2v) is 3.23. The molecule has 1 aromatic rings. The van der Waals surface area contributed by atoms with Gasteiger partial charge in [0.25, 0.3) is 0 Å². The molecule has 0 heterocycles. The maximum atomic E-state index is 8.58. The van der Waals surface area contributed by atoms with E-state index in [-0.39, 0.29) is 0 Å². The molecule has 0 unspecified atom stereocenters. The van der Waals surface area contributed by atoms with Crippen LogP contribution in [0, 0.1) is 11.3 Å². The molecule has 1 aromatic carbocycles. The molecule has 2 nitrogen and oxygen atoms in total. The molecule has 0 spiro atoms. The smallest absolute Gasteiger partial charge is 0.102 e. The zero-order valence-corrected chi connectivity index (χ0v) is 7.78. The average molecular weight is 231 g/mol. The number of nitrogens with two attached hydrogens (primary N) is 1. The fourth-order valence-electron chi connectivity index (χ4n) is 0.700. The first kappa shape index (κ1) is 8.38. The zero-order valence-electron chi connectivity index (χ0n) is 5.44. The molecule has 56 valence electrons. The van der Waals surface area contributed by atoms with E-state index in [1.54, 1.807) is 12.1 Å². The number of hydrogen-bond donors (Lipinski definition) is 1. The Hall–Kier alpha value is -0.720. The number of nitriles is 1. The third-order valence-electron chi connectivity index (χ3n) is 1.18. The first-order chi connectivity index (χ1) is 5.15. The Morgan fingerprint density at radius 1 is 1.55 bits per heavy atom. The molecular formula is C7H4BrClN2. The van der Waals surface area contributed by atoms with Crippen molar-refractivity contribution in [1.29, 1.82) is 5.26 Å². The highest BCUT2D eigenvalue weighted by atomic mass is 79.9. The Balaban J connectivity index is 3.40. The number of rotatable bonds is 0. The highest BCUT2D eigenvalue weighted by Gasteiger charge is 2.04. The van der Waals surface area contributed by atoms with Crippen LogP contribution in [0.15, 0.2) is 16.6 Å². The van der Waals surface area contributed by atoms with Crippen molar-refractivity contribution in [3.63, 3.8) is 0 Å². The summed E-state index contributed by atoms with van der Waals surface area (Å²) in [6.07, 6.45) is 0. The van der Waals surface area contributed by atoms with Gasteiger partial charge in [-0.15, -0.1) is 0 Å². The molecule has 0 amide bonds. The molecule has 0 aliphatic carbocycles. The van der Waals surface area contributed by atoms with Gasteiger partial charge in [0.15, 0.2) is 0 Å². The highest BCUT2D eigenvalue weighted by molar-refractivity contribution is 9.10. The molecule has 1 rings (SSSR count). The fourth-order valence-corrected chi connectivity index (χ4v) is 1.65. The molecular weight excluding hydrogens is 227 g/mol. The Bertz CT molecular complexity index is 307. The molecule has 0 aliphatic rings. The van der Waals surface area contributed by atoms with E-state index >= 15 is 0 Å². The fraction of sp³-hybridized carbons (Fsp3) is 0. The number of hydrogen-bond acceptors (Lipinski definition) is 2.